The molecule has 0 fully saturated rings. The molecule has 1 aromatic heterocycles. The molecule has 1 aromatic carbocycles. The minimum absolute atomic E-state index is 0.281. The van der Waals surface area contributed by atoms with E-state index in [0.717, 1.165) is 25.0 Å². The zero-order valence-electron chi connectivity index (χ0n) is 11.7. The minimum atomic E-state index is -0.281. The maximum atomic E-state index is 13.1. The third kappa shape index (κ3) is 3.04. The molecular formula is C14H21FN4. The number of halogens is 1. The van der Waals surface area contributed by atoms with E-state index in [1.165, 1.54) is 12.1 Å². The van der Waals surface area contributed by atoms with E-state index in [9.17, 15) is 4.39 Å². The number of hydrogen-bond acceptors (Lipinski definition) is 3. The molecule has 2 rings (SSSR count). The van der Waals surface area contributed by atoms with Gasteiger partial charge in [-0.1, -0.05) is 0 Å². The summed E-state index contributed by atoms with van der Waals surface area (Å²) in [4.78, 5) is 6.48. The van der Waals surface area contributed by atoms with E-state index in [4.69, 9.17) is 5.73 Å². The van der Waals surface area contributed by atoms with Crippen molar-refractivity contribution in [1.29, 1.82) is 0 Å². The second kappa shape index (κ2) is 5.57. The van der Waals surface area contributed by atoms with Crippen molar-refractivity contribution in [3.8, 4) is 0 Å². The Morgan fingerprint density at radius 3 is 2.84 bits per heavy atom. The summed E-state index contributed by atoms with van der Waals surface area (Å²) in [5, 5.41) is 0. The maximum Gasteiger partial charge on any atom is 0.201 e. The number of aromatic nitrogens is 2. The summed E-state index contributed by atoms with van der Waals surface area (Å²) in [7, 11) is 2.11. The first kappa shape index (κ1) is 13.8. The number of benzene rings is 1. The Labute approximate surface area is 113 Å². The van der Waals surface area contributed by atoms with E-state index < -0.39 is 0 Å². The molecule has 2 N–H and O–H groups in total. The topological polar surface area (TPSA) is 47.1 Å². The van der Waals surface area contributed by atoms with Crippen LogP contribution in [0, 0.1) is 5.82 Å². The summed E-state index contributed by atoms with van der Waals surface area (Å²) in [6.07, 6.45) is 0.988. The van der Waals surface area contributed by atoms with Crippen LogP contribution in [0.4, 0.5) is 10.3 Å². The van der Waals surface area contributed by atoms with E-state index in [1.807, 2.05) is 4.57 Å². The predicted molar refractivity (Wildman–Crippen MR) is 76.5 cm³/mol. The monoisotopic (exact) mass is 264 g/mol. The molecule has 104 valence electrons. The molecule has 0 unspecified atom stereocenters. The quantitative estimate of drug-likeness (QED) is 0.902. The van der Waals surface area contributed by atoms with Crippen molar-refractivity contribution in [2.24, 2.45) is 0 Å². The lowest BCUT2D eigenvalue weighted by molar-refractivity contribution is 0.266. The third-order valence-electron chi connectivity index (χ3n) is 3.51. The summed E-state index contributed by atoms with van der Waals surface area (Å²) >= 11 is 0. The average molecular weight is 264 g/mol. The summed E-state index contributed by atoms with van der Waals surface area (Å²) in [5.74, 6) is 0.171. The van der Waals surface area contributed by atoms with Crippen molar-refractivity contribution >= 4 is 17.0 Å². The summed E-state index contributed by atoms with van der Waals surface area (Å²) in [6, 6.07) is 5.13. The molecule has 0 spiro atoms. The number of nitrogens with two attached hydrogens (primary N) is 1. The van der Waals surface area contributed by atoms with Crippen molar-refractivity contribution in [3.05, 3.63) is 24.0 Å². The van der Waals surface area contributed by atoms with Gasteiger partial charge in [-0.3, -0.25) is 0 Å². The van der Waals surface area contributed by atoms with Crippen LogP contribution in [-0.2, 0) is 6.54 Å². The van der Waals surface area contributed by atoms with Gasteiger partial charge >= 0.3 is 0 Å². The molecular weight excluding hydrogens is 243 g/mol. The van der Waals surface area contributed by atoms with Gasteiger partial charge in [-0.15, -0.1) is 0 Å². The lowest BCUT2D eigenvalue weighted by atomic mass is 10.3. The molecule has 0 aliphatic carbocycles. The molecule has 0 aliphatic heterocycles. The van der Waals surface area contributed by atoms with Gasteiger partial charge in [0.15, 0.2) is 0 Å². The van der Waals surface area contributed by atoms with Crippen LogP contribution in [0.1, 0.15) is 20.3 Å². The Kier molecular flexibility index (Phi) is 4.04. The third-order valence-corrected chi connectivity index (χ3v) is 3.51. The number of anilines is 1. The van der Waals surface area contributed by atoms with Crippen LogP contribution < -0.4 is 5.73 Å². The fourth-order valence-electron chi connectivity index (χ4n) is 2.09. The van der Waals surface area contributed by atoms with Crippen molar-refractivity contribution in [1.82, 2.24) is 14.5 Å². The second-order valence-electron chi connectivity index (χ2n) is 5.18. The lowest BCUT2D eigenvalue weighted by Gasteiger charge is -2.20. The number of hydrogen-bond donors (Lipinski definition) is 1. The molecule has 19 heavy (non-hydrogen) atoms. The van der Waals surface area contributed by atoms with Gasteiger partial charge in [0.05, 0.1) is 11.0 Å². The molecule has 0 aliphatic rings. The Hall–Kier alpha value is -1.62. The van der Waals surface area contributed by atoms with Crippen LogP contribution in [0.3, 0.4) is 0 Å². The lowest BCUT2D eigenvalue weighted by Crippen LogP contribution is -2.28. The SMILES string of the molecule is CC(C)N(C)CCCn1c(N)nc2cc(F)ccc21. The fraction of sp³-hybridized carbons (Fsp3) is 0.500. The molecule has 0 atom stereocenters. The molecule has 0 bridgehead atoms. The number of aryl methyl sites for hydroxylation is 1. The van der Waals surface area contributed by atoms with E-state index >= 15 is 0 Å². The molecule has 0 radical (unpaired) electrons. The zero-order valence-corrected chi connectivity index (χ0v) is 11.7. The number of nitrogens with zero attached hydrogens (tertiary/aromatic N) is 3. The highest BCUT2D eigenvalue weighted by Gasteiger charge is 2.09. The van der Waals surface area contributed by atoms with E-state index in [0.29, 0.717) is 17.5 Å². The maximum absolute atomic E-state index is 13.1. The highest BCUT2D eigenvalue weighted by atomic mass is 19.1. The van der Waals surface area contributed by atoms with Crippen LogP contribution in [0.15, 0.2) is 18.2 Å². The summed E-state index contributed by atoms with van der Waals surface area (Å²) < 4.78 is 15.1. The standard InChI is InChI=1S/C14H21FN4/c1-10(2)18(3)7-4-8-19-13-6-5-11(15)9-12(13)17-14(19)16/h5-6,9-10H,4,7-8H2,1-3H3,(H2,16,17). The molecule has 2 aromatic rings. The normalized spacial score (nSPS) is 11.9. The highest BCUT2D eigenvalue weighted by molar-refractivity contribution is 5.78. The molecule has 4 nitrogen and oxygen atoms in total. The van der Waals surface area contributed by atoms with E-state index in [1.54, 1.807) is 6.07 Å². The number of nitrogen functional groups attached to an aromatic ring is 1. The molecule has 0 saturated heterocycles. The van der Waals surface area contributed by atoms with Crippen LogP contribution >= 0.6 is 0 Å². The Bertz CT molecular complexity index is 562. The summed E-state index contributed by atoms with van der Waals surface area (Å²) in [5.41, 5.74) is 7.41. The van der Waals surface area contributed by atoms with Crippen LogP contribution in [-0.4, -0.2) is 34.1 Å². The largest absolute Gasteiger partial charge is 0.369 e. The number of fused-ring (bicyclic) bond motifs is 1. The fourth-order valence-corrected chi connectivity index (χ4v) is 2.09. The van der Waals surface area contributed by atoms with E-state index in [-0.39, 0.29) is 5.82 Å². The first-order valence-electron chi connectivity index (χ1n) is 6.60. The molecule has 1 heterocycles. The van der Waals surface area contributed by atoms with Crippen molar-refractivity contribution in [2.75, 3.05) is 19.3 Å². The zero-order chi connectivity index (χ0) is 14.0. The smallest absolute Gasteiger partial charge is 0.201 e. The van der Waals surface area contributed by atoms with Crippen molar-refractivity contribution in [2.45, 2.75) is 32.9 Å². The molecule has 5 heteroatoms. The predicted octanol–water partition coefficient (Wildman–Crippen LogP) is 2.49. The van der Waals surface area contributed by atoms with Gasteiger partial charge in [0, 0.05) is 18.7 Å². The van der Waals surface area contributed by atoms with Gasteiger partial charge in [0.25, 0.3) is 0 Å². The molecule has 0 saturated carbocycles. The van der Waals surface area contributed by atoms with Gasteiger partial charge in [0.1, 0.15) is 5.82 Å². The average Bonchev–Trinajstić information content (AvgIpc) is 2.64. The number of imidazole rings is 1. The van der Waals surface area contributed by atoms with Crippen molar-refractivity contribution < 1.29 is 4.39 Å². The Balaban J connectivity index is 2.10. The van der Waals surface area contributed by atoms with Gasteiger partial charge in [-0.2, -0.15) is 0 Å². The van der Waals surface area contributed by atoms with Crippen LogP contribution in [0.5, 0.6) is 0 Å². The Morgan fingerprint density at radius 2 is 2.16 bits per heavy atom. The number of rotatable bonds is 5. The van der Waals surface area contributed by atoms with E-state index in [2.05, 4.69) is 30.8 Å². The van der Waals surface area contributed by atoms with Crippen LogP contribution in [0.25, 0.3) is 11.0 Å². The summed E-state index contributed by atoms with van der Waals surface area (Å²) in [6.45, 7) is 6.14. The molecule has 0 amide bonds. The first-order valence-corrected chi connectivity index (χ1v) is 6.60. The Morgan fingerprint density at radius 1 is 1.42 bits per heavy atom. The van der Waals surface area contributed by atoms with Crippen LogP contribution in [0.2, 0.25) is 0 Å². The van der Waals surface area contributed by atoms with Gasteiger partial charge in [0.2, 0.25) is 5.95 Å². The van der Waals surface area contributed by atoms with Gasteiger partial charge in [-0.05, 0) is 46.0 Å². The minimum Gasteiger partial charge on any atom is -0.369 e. The first-order chi connectivity index (χ1) is 8.99. The van der Waals surface area contributed by atoms with Gasteiger partial charge in [-0.25, -0.2) is 9.37 Å². The second-order valence-corrected chi connectivity index (χ2v) is 5.18. The van der Waals surface area contributed by atoms with Gasteiger partial charge < -0.3 is 15.2 Å². The van der Waals surface area contributed by atoms with Crippen molar-refractivity contribution in [3.63, 3.8) is 0 Å². The highest BCUT2D eigenvalue weighted by Crippen LogP contribution is 2.19.